The van der Waals surface area contributed by atoms with Crippen molar-refractivity contribution in [3.8, 4) is 12.3 Å². The normalized spacial score (nSPS) is 9.67. The summed E-state index contributed by atoms with van der Waals surface area (Å²) in [6.07, 6.45) is 7.13. The molecule has 0 saturated carbocycles. The van der Waals surface area contributed by atoms with E-state index in [9.17, 15) is 0 Å². The Labute approximate surface area is 76.4 Å². The van der Waals surface area contributed by atoms with Crippen LogP contribution >= 0.6 is 11.8 Å². The minimum absolute atomic E-state index is 0.628. The molecule has 1 N–H and O–H groups in total. The number of hydrogen-bond donors (Lipinski definition) is 1. The Kier molecular flexibility index (Phi) is 3.68. The molecule has 0 spiro atoms. The molecule has 0 aromatic carbocycles. The van der Waals surface area contributed by atoms with Crippen LogP contribution in [-0.4, -0.2) is 20.9 Å². The van der Waals surface area contributed by atoms with Crippen molar-refractivity contribution < 1.29 is 0 Å². The molecular formula is C8H11N3S. The summed E-state index contributed by atoms with van der Waals surface area (Å²) in [5.41, 5.74) is 0. The molecule has 0 aliphatic heterocycles. The van der Waals surface area contributed by atoms with E-state index in [-0.39, 0.29) is 0 Å². The Hall–Kier alpha value is -0.950. The highest BCUT2D eigenvalue weighted by molar-refractivity contribution is 7.99. The van der Waals surface area contributed by atoms with Crippen molar-refractivity contribution in [2.24, 2.45) is 0 Å². The van der Waals surface area contributed by atoms with Crippen LogP contribution in [0.15, 0.2) is 5.16 Å². The lowest BCUT2D eigenvalue weighted by molar-refractivity contribution is 0.840. The fourth-order valence-corrected chi connectivity index (χ4v) is 1.29. The van der Waals surface area contributed by atoms with Gasteiger partial charge in [0.15, 0.2) is 0 Å². The molecular weight excluding hydrogens is 170 g/mol. The third kappa shape index (κ3) is 2.59. The minimum atomic E-state index is 0.628. The maximum absolute atomic E-state index is 5.11. The van der Waals surface area contributed by atoms with Crippen LogP contribution in [-0.2, 0) is 6.42 Å². The van der Waals surface area contributed by atoms with Gasteiger partial charge in [0.25, 0.3) is 0 Å². The van der Waals surface area contributed by atoms with Gasteiger partial charge in [-0.2, -0.15) is 0 Å². The average Bonchev–Trinajstić information content (AvgIpc) is 2.50. The molecule has 0 atom stereocenters. The second-order valence-corrected chi connectivity index (χ2v) is 3.25. The number of H-pyrrole nitrogens is 1. The van der Waals surface area contributed by atoms with Gasteiger partial charge in [-0.05, 0) is 6.42 Å². The lowest BCUT2D eigenvalue weighted by Gasteiger charge is -1.86. The fourth-order valence-electron chi connectivity index (χ4n) is 0.797. The molecule has 0 aliphatic carbocycles. The van der Waals surface area contributed by atoms with E-state index in [0.717, 1.165) is 23.8 Å². The third-order valence-electron chi connectivity index (χ3n) is 1.28. The molecule has 3 nitrogen and oxygen atoms in total. The first kappa shape index (κ1) is 9.14. The van der Waals surface area contributed by atoms with Crippen LogP contribution in [0.4, 0.5) is 0 Å². The predicted molar refractivity (Wildman–Crippen MR) is 49.9 cm³/mol. The maximum Gasteiger partial charge on any atom is 0.209 e. The minimum Gasteiger partial charge on any atom is -0.262 e. The van der Waals surface area contributed by atoms with E-state index in [4.69, 9.17) is 6.42 Å². The topological polar surface area (TPSA) is 41.6 Å². The summed E-state index contributed by atoms with van der Waals surface area (Å²) in [6.45, 7) is 2.11. The fraction of sp³-hybridized carbons (Fsp3) is 0.500. The number of terminal acetylenes is 1. The van der Waals surface area contributed by atoms with Crippen LogP contribution in [0, 0.1) is 12.3 Å². The van der Waals surface area contributed by atoms with Gasteiger partial charge in [0, 0.05) is 6.42 Å². The highest BCUT2D eigenvalue weighted by Gasteiger charge is 2.00. The molecule has 0 radical (unpaired) electrons. The molecule has 1 aromatic heterocycles. The zero-order valence-electron chi connectivity index (χ0n) is 7.00. The average molecular weight is 181 g/mol. The quantitative estimate of drug-likeness (QED) is 0.565. The van der Waals surface area contributed by atoms with Crippen LogP contribution in [0.5, 0.6) is 0 Å². The second-order valence-electron chi connectivity index (χ2n) is 2.31. The van der Waals surface area contributed by atoms with E-state index in [0.29, 0.717) is 5.75 Å². The Morgan fingerprint density at radius 2 is 2.50 bits per heavy atom. The van der Waals surface area contributed by atoms with Crippen molar-refractivity contribution in [1.82, 2.24) is 15.2 Å². The number of aryl methyl sites for hydroxylation is 1. The molecule has 12 heavy (non-hydrogen) atoms. The second kappa shape index (κ2) is 4.83. The summed E-state index contributed by atoms with van der Waals surface area (Å²) >= 11 is 1.48. The van der Waals surface area contributed by atoms with E-state index in [1.165, 1.54) is 11.8 Å². The Balaban J connectivity index is 2.47. The van der Waals surface area contributed by atoms with Crippen molar-refractivity contribution >= 4 is 11.8 Å². The molecule has 1 heterocycles. The van der Waals surface area contributed by atoms with Crippen molar-refractivity contribution in [3.63, 3.8) is 0 Å². The lowest BCUT2D eigenvalue weighted by Crippen LogP contribution is -1.84. The molecule has 0 bridgehead atoms. The zero-order chi connectivity index (χ0) is 8.81. The maximum atomic E-state index is 5.11. The predicted octanol–water partition coefficient (Wildman–Crippen LogP) is 1.48. The number of nitrogens with one attached hydrogen (secondary N) is 1. The van der Waals surface area contributed by atoms with Gasteiger partial charge < -0.3 is 0 Å². The lowest BCUT2D eigenvalue weighted by atomic mass is 10.3. The van der Waals surface area contributed by atoms with Crippen molar-refractivity contribution in [2.75, 3.05) is 5.75 Å². The van der Waals surface area contributed by atoms with Gasteiger partial charge in [-0.15, -0.1) is 11.5 Å². The van der Waals surface area contributed by atoms with Crippen molar-refractivity contribution in [3.05, 3.63) is 5.82 Å². The van der Waals surface area contributed by atoms with Crippen LogP contribution < -0.4 is 0 Å². The van der Waals surface area contributed by atoms with E-state index < -0.39 is 0 Å². The number of nitrogens with zero attached hydrogens (tertiary/aromatic N) is 2. The van der Waals surface area contributed by atoms with Gasteiger partial charge in [0.2, 0.25) is 5.16 Å². The smallest absolute Gasteiger partial charge is 0.209 e. The molecule has 1 aromatic rings. The summed E-state index contributed by atoms with van der Waals surface area (Å²) in [5, 5.41) is 7.62. The first-order valence-electron chi connectivity index (χ1n) is 3.84. The molecule has 0 fully saturated rings. The molecule has 0 aliphatic rings. The molecule has 0 amide bonds. The van der Waals surface area contributed by atoms with E-state index in [1.807, 2.05) is 0 Å². The number of hydrogen-bond acceptors (Lipinski definition) is 3. The standard InChI is InChI=1S/C8H11N3S/c1-3-5-7-9-8(11-10-7)12-6-4-2/h2H,3,5-6H2,1H3,(H,9,10,11). The number of aromatic amines is 1. The van der Waals surface area contributed by atoms with Gasteiger partial charge in [0.1, 0.15) is 5.82 Å². The van der Waals surface area contributed by atoms with Gasteiger partial charge >= 0.3 is 0 Å². The van der Waals surface area contributed by atoms with Crippen molar-refractivity contribution in [1.29, 1.82) is 0 Å². The van der Waals surface area contributed by atoms with Gasteiger partial charge in [-0.3, -0.25) is 5.10 Å². The van der Waals surface area contributed by atoms with E-state index in [1.54, 1.807) is 0 Å². The van der Waals surface area contributed by atoms with Crippen LogP contribution in [0.25, 0.3) is 0 Å². The first-order valence-corrected chi connectivity index (χ1v) is 4.83. The third-order valence-corrected chi connectivity index (χ3v) is 2.03. The molecule has 0 unspecified atom stereocenters. The monoisotopic (exact) mass is 181 g/mol. The summed E-state index contributed by atoms with van der Waals surface area (Å²) in [5.74, 6) is 4.10. The molecule has 1 rings (SSSR count). The van der Waals surface area contributed by atoms with E-state index in [2.05, 4.69) is 28.0 Å². The molecule has 4 heteroatoms. The Morgan fingerprint density at radius 3 is 3.17 bits per heavy atom. The Bertz CT molecular complexity index is 274. The van der Waals surface area contributed by atoms with Crippen LogP contribution in [0.3, 0.4) is 0 Å². The largest absolute Gasteiger partial charge is 0.262 e. The molecule has 0 saturated heterocycles. The number of aromatic nitrogens is 3. The Morgan fingerprint density at radius 1 is 1.67 bits per heavy atom. The molecule has 64 valence electrons. The number of rotatable bonds is 4. The summed E-state index contributed by atoms with van der Waals surface area (Å²) in [4.78, 5) is 4.24. The SMILES string of the molecule is C#CCSc1n[nH]c(CCC)n1. The van der Waals surface area contributed by atoms with Gasteiger partial charge in [-0.25, -0.2) is 4.98 Å². The van der Waals surface area contributed by atoms with Crippen LogP contribution in [0.2, 0.25) is 0 Å². The highest BCUT2D eigenvalue weighted by Crippen LogP contribution is 2.11. The van der Waals surface area contributed by atoms with E-state index >= 15 is 0 Å². The van der Waals surface area contributed by atoms with Gasteiger partial charge in [-0.1, -0.05) is 24.6 Å². The summed E-state index contributed by atoms with van der Waals surface area (Å²) in [7, 11) is 0. The number of thioether (sulfide) groups is 1. The van der Waals surface area contributed by atoms with Gasteiger partial charge in [0.05, 0.1) is 5.75 Å². The van der Waals surface area contributed by atoms with Crippen molar-refractivity contribution in [2.45, 2.75) is 24.9 Å². The zero-order valence-corrected chi connectivity index (χ0v) is 7.82. The highest BCUT2D eigenvalue weighted by atomic mass is 32.2. The summed E-state index contributed by atoms with van der Waals surface area (Å²) < 4.78 is 0. The van der Waals surface area contributed by atoms with Crippen LogP contribution in [0.1, 0.15) is 19.2 Å². The summed E-state index contributed by atoms with van der Waals surface area (Å²) in [6, 6.07) is 0. The first-order chi connectivity index (χ1) is 5.86.